The number of benzene rings is 2. The summed E-state index contributed by atoms with van der Waals surface area (Å²) in [5.41, 5.74) is 5.08. The molecule has 5 nitrogen and oxygen atoms in total. The number of carbonyl (C=O) groups excluding carboxylic acids is 1. The first-order valence-corrected chi connectivity index (χ1v) is 9.05. The van der Waals surface area contributed by atoms with Gasteiger partial charge < -0.3 is 14.6 Å². The molecule has 2 atom stereocenters. The predicted octanol–water partition coefficient (Wildman–Crippen LogP) is 3.62. The molecule has 2 aromatic carbocycles. The number of fused-ring (bicyclic) bond motifs is 1. The van der Waals surface area contributed by atoms with Crippen LogP contribution in [0.5, 0.6) is 5.75 Å². The lowest BCUT2D eigenvalue weighted by Crippen LogP contribution is -2.47. The highest BCUT2D eigenvalue weighted by molar-refractivity contribution is 6.31. The minimum Gasteiger partial charge on any atom is -0.496 e. The largest absolute Gasteiger partial charge is 0.496 e. The van der Waals surface area contributed by atoms with Gasteiger partial charge in [0.25, 0.3) is 5.91 Å². The molecular weight excluding hydrogens is 369 g/mol. The third kappa shape index (κ3) is 3.38. The van der Waals surface area contributed by atoms with Crippen LogP contribution < -0.4 is 10.2 Å². The van der Waals surface area contributed by atoms with Crippen molar-refractivity contribution in [2.24, 2.45) is 0 Å². The number of hydrogen-bond donors (Lipinski definition) is 1. The maximum absolute atomic E-state index is 13.2. The molecule has 2 unspecified atom stereocenters. The maximum Gasteiger partial charge on any atom is 0.251 e. The SMILES string of the molecule is COc1ccccc1C1CC2C(=O)N(Cc3ccc(F)cc3Cl)C=CN2N1. The molecule has 1 N–H and O–H groups in total. The van der Waals surface area contributed by atoms with E-state index >= 15 is 0 Å². The van der Waals surface area contributed by atoms with E-state index in [-0.39, 0.29) is 18.0 Å². The monoisotopic (exact) mass is 387 g/mol. The summed E-state index contributed by atoms with van der Waals surface area (Å²) in [6.45, 7) is 0.304. The molecule has 2 heterocycles. The average molecular weight is 388 g/mol. The zero-order valence-corrected chi connectivity index (χ0v) is 15.5. The number of rotatable bonds is 4. The minimum atomic E-state index is -0.393. The van der Waals surface area contributed by atoms with E-state index in [1.165, 1.54) is 12.1 Å². The Kier molecular flexibility index (Phi) is 4.76. The second-order valence-electron chi connectivity index (χ2n) is 6.58. The lowest BCUT2D eigenvalue weighted by Gasteiger charge is -2.32. The molecule has 0 saturated carbocycles. The fraction of sp³-hybridized carbons (Fsp3) is 0.250. The van der Waals surface area contributed by atoms with Gasteiger partial charge in [0.1, 0.15) is 17.6 Å². The molecule has 0 aromatic heterocycles. The molecule has 0 spiro atoms. The standard InChI is InChI=1S/C20H19ClFN3O2/c1-27-19-5-3-2-4-15(19)17-11-18-20(26)24(8-9-25(18)23-17)12-13-6-7-14(22)10-16(13)21/h2-10,17-18,23H,11-12H2,1H3. The third-order valence-electron chi connectivity index (χ3n) is 4.95. The molecule has 1 amide bonds. The first-order chi connectivity index (χ1) is 13.1. The number of hydrogen-bond acceptors (Lipinski definition) is 4. The molecule has 0 aliphatic carbocycles. The molecule has 2 aromatic rings. The minimum absolute atomic E-state index is 0.0193. The summed E-state index contributed by atoms with van der Waals surface area (Å²) in [6.07, 6.45) is 4.19. The molecule has 2 aliphatic heterocycles. The quantitative estimate of drug-likeness (QED) is 0.870. The van der Waals surface area contributed by atoms with Crippen molar-refractivity contribution >= 4 is 17.5 Å². The lowest BCUT2D eigenvalue weighted by molar-refractivity contribution is -0.134. The van der Waals surface area contributed by atoms with Crippen molar-refractivity contribution in [3.63, 3.8) is 0 Å². The Labute approximate surface area is 161 Å². The third-order valence-corrected chi connectivity index (χ3v) is 5.30. The summed E-state index contributed by atoms with van der Waals surface area (Å²) in [5.74, 6) is 0.374. The Hall–Kier alpha value is -2.57. The first-order valence-electron chi connectivity index (χ1n) is 8.67. The van der Waals surface area contributed by atoms with Gasteiger partial charge in [0.05, 0.1) is 19.7 Å². The number of ether oxygens (including phenoxy) is 1. The van der Waals surface area contributed by atoms with E-state index in [1.807, 2.05) is 35.5 Å². The molecule has 140 valence electrons. The van der Waals surface area contributed by atoms with E-state index in [9.17, 15) is 9.18 Å². The number of halogens is 2. The lowest BCUT2D eigenvalue weighted by atomic mass is 10.00. The van der Waals surface area contributed by atoms with Gasteiger partial charge in [-0.1, -0.05) is 35.9 Å². The van der Waals surface area contributed by atoms with E-state index in [0.29, 0.717) is 23.6 Å². The van der Waals surface area contributed by atoms with Gasteiger partial charge in [-0.05, 0) is 30.2 Å². The second-order valence-corrected chi connectivity index (χ2v) is 6.99. The van der Waals surface area contributed by atoms with Crippen LogP contribution in [0.15, 0.2) is 54.9 Å². The Bertz CT molecular complexity index is 905. The van der Waals surface area contributed by atoms with Crippen molar-refractivity contribution < 1.29 is 13.9 Å². The van der Waals surface area contributed by atoms with Crippen LogP contribution in [-0.4, -0.2) is 29.0 Å². The van der Waals surface area contributed by atoms with Gasteiger partial charge in [-0.2, -0.15) is 0 Å². The van der Waals surface area contributed by atoms with Crippen molar-refractivity contribution in [3.8, 4) is 5.75 Å². The maximum atomic E-state index is 13.2. The van der Waals surface area contributed by atoms with Crippen molar-refractivity contribution in [2.45, 2.75) is 25.0 Å². The highest BCUT2D eigenvalue weighted by Crippen LogP contribution is 2.35. The predicted molar refractivity (Wildman–Crippen MR) is 100 cm³/mol. The van der Waals surface area contributed by atoms with E-state index in [1.54, 1.807) is 24.3 Å². The molecule has 27 heavy (non-hydrogen) atoms. The van der Waals surface area contributed by atoms with Gasteiger partial charge in [-0.3, -0.25) is 4.79 Å². The van der Waals surface area contributed by atoms with Crippen LogP contribution in [0.3, 0.4) is 0 Å². The van der Waals surface area contributed by atoms with Gasteiger partial charge in [0, 0.05) is 23.0 Å². The topological polar surface area (TPSA) is 44.8 Å². The van der Waals surface area contributed by atoms with Gasteiger partial charge in [0.2, 0.25) is 0 Å². The molecule has 0 bridgehead atoms. The smallest absolute Gasteiger partial charge is 0.251 e. The van der Waals surface area contributed by atoms with Gasteiger partial charge >= 0.3 is 0 Å². The Morgan fingerprint density at radius 2 is 2.07 bits per heavy atom. The van der Waals surface area contributed by atoms with Crippen LogP contribution in [0.4, 0.5) is 4.39 Å². The fourth-order valence-electron chi connectivity index (χ4n) is 3.56. The summed E-state index contributed by atoms with van der Waals surface area (Å²) in [5, 5.41) is 2.15. The zero-order valence-electron chi connectivity index (χ0n) is 14.7. The van der Waals surface area contributed by atoms with Crippen LogP contribution in [-0.2, 0) is 11.3 Å². The summed E-state index contributed by atoms with van der Waals surface area (Å²) in [6, 6.07) is 11.7. The molecule has 1 fully saturated rings. The van der Waals surface area contributed by atoms with Crippen LogP contribution in [0.2, 0.25) is 5.02 Å². The van der Waals surface area contributed by atoms with E-state index in [4.69, 9.17) is 16.3 Å². The van der Waals surface area contributed by atoms with Crippen molar-refractivity contribution in [1.29, 1.82) is 0 Å². The van der Waals surface area contributed by atoms with Crippen molar-refractivity contribution in [3.05, 3.63) is 76.8 Å². The molecule has 2 aliphatic rings. The van der Waals surface area contributed by atoms with E-state index in [0.717, 1.165) is 11.3 Å². The number of para-hydroxylation sites is 1. The van der Waals surface area contributed by atoms with Crippen molar-refractivity contribution in [1.82, 2.24) is 15.3 Å². The Morgan fingerprint density at radius 3 is 2.85 bits per heavy atom. The van der Waals surface area contributed by atoms with Crippen molar-refractivity contribution in [2.75, 3.05) is 7.11 Å². The number of methoxy groups -OCH3 is 1. The number of hydrazine groups is 1. The number of nitrogens with zero attached hydrogens (tertiary/aromatic N) is 2. The fourth-order valence-corrected chi connectivity index (χ4v) is 3.79. The van der Waals surface area contributed by atoms with Gasteiger partial charge in [0.15, 0.2) is 0 Å². The normalized spacial score (nSPS) is 21.5. The average Bonchev–Trinajstić information content (AvgIpc) is 3.11. The van der Waals surface area contributed by atoms with Crippen LogP contribution in [0.25, 0.3) is 0 Å². The molecular formula is C20H19ClFN3O2. The first kappa shape index (κ1) is 17.8. The van der Waals surface area contributed by atoms with Crippen LogP contribution >= 0.6 is 11.6 Å². The zero-order chi connectivity index (χ0) is 19.0. The van der Waals surface area contributed by atoms with Gasteiger partial charge in [-0.15, -0.1) is 0 Å². The number of carbonyl (C=O) groups is 1. The summed E-state index contributed by atoms with van der Waals surface area (Å²) < 4.78 is 18.7. The molecule has 1 saturated heterocycles. The molecule has 0 radical (unpaired) electrons. The summed E-state index contributed by atoms with van der Waals surface area (Å²) in [4.78, 5) is 14.6. The molecule has 7 heteroatoms. The van der Waals surface area contributed by atoms with Crippen LogP contribution in [0, 0.1) is 5.82 Å². The Morgan fingerprint density at radius 1 is 1.26 bits per heavy atom. The second kappa shape index (κ2) is 7.21. The van der Waals surface area contributed by atoms with E-state index in [2.05, 4.69) is 5.43 Å². The summed E-state index contributed by atoms with van der Waals surface area (Å²) >= 11 is 6.11. The summed E-state index contributed by atoms with van der Waals surface area (Å²) in [7, 11) is 1.64. The van der Waals surface area contributed by atoms with E-state index < -0.39 is 5.82 Å². The van der Waals surface area contributed by atoms with Crippen LogP contribution in [0.1, 0.15) is 23.6 Å². The van der Waals surface area contributed by atoms with Gasteiger partial charge in [-0.25, -0.2) is 9.82 Å². The highest BCUT2D eigenvalue weighted by Gasteiger charge is 2.40. The number of nitrogens with one attached hydrogen (secondary N) is 1. The number of amides is 1. The Balaban J connectivity index is 1.52. The highest BCUT2D eigenvalue weighted by atomic mass is 35.5. The molecule has 4 rings (SSSR count).